The first-order valence-corrected chi connectivity index (χ1v) is 6.28. The van der Waals surface area contributed by atoms with Crippen molar-refractivity contribution in [2.24, 2.45) is 0 Å². The first-order valence-electron chi connectivity index (χ1n) is 6.28. The molecule has 0 fully saturated rings. The number of carboxylic acid groups (broad SMARTS) is 1. The van der Waals surface area contributed by atoms with Crippen LogP contribution in [0.1, 0.15) is 28.6 Å². The van der Waals surface area contributed by atoms with E-state index in [-0.39, 0.29) is 18.7 Å². The lowest BCUT2D eigenvalue weighted by Crippen LogP contribution is -2.42. The fraction of sp³-hybridized carbons (Fsp3) is 0.267. The summed E-state index contributed by atoms with van der Waals surface area (Å²) in [6, 6.07) is 10.9. The number of benzene rings is 1. The van der Waals surface area contributed by atoms with Gasteiger partial charge < -0.3 is 14.6 Å². The van der Waals surface area contributed by atoms with E-state index in [2.05, 4.69) is 5.32 Å². The van der Waals surface area contributed by atoms with Crippen LogP contribution < -0.4 is 5.32 Å². The molecule has 0 aliphatic rings. The number of carboxylic acids is 1. The molecular formula is C15H17NO4. The third kappa shape index (κ3) is 2.89. The molecular weight excluding hydrogens is 258 g/mol. The molecule has 0 bridgehead atoms. The molecule has 0 amide bonds. The van der Waals surface area contributed by atoms with Crippen molar-refractivity contribution in [3.05, 3.63) is 59.5 Å². The standard InChI is InChI=1S/C15H17NO4/c1-15(10-17,11-5-3-2-4-6-11)16-9-13-12(14(18)19)7-8-20-13/h2-8,16-17H,9-10H2,1H3,(H,18,19). The molecule has 106 valence electrons. The minimum Gasteiger partial charge on any atom is -0.478 e. The van der Waals surface area contributed by atoms with Gasteiger partial charge >= 0.3 is 5.97 Å². The first kappa shape index (κ1) is 14.3. The number of hydrogen-bond acceptors (Lipinski definition) is 4. The van der Waals surface area contributed by atoms with Gasteiger partial charge in [-0.2, -0.15) is 0 Å². The second-order valence-corrected chi connectivity index (χ2v) is 4.77. The van der Waals surface area contributed by atoms with Gasteiger partial charge in [0.2, 0.25) is 0 Å². The number of furan rings is 1. The highest BCUT2D eigenvalue weighted by Gasteiger charge is 2.26. The number of carbonyl (C=O) groups is 1. The monoisotopic (exact) mass is 275 g/mol. The van der Waals surface area contributed by atoms with E-state index in [0.29, 0.717) is 5.76 Å². The van der Waals surface area contributed by atoms with E-state index < -0.39 is 11.5 Å². The number of aromatic carboxylic acids is 1. The highest BCUT2D eigenvalue weighted by molar-refractivity contribution is 5.88. The van der Waals surface area contributed by atoms with Gasteiger partial charge in [0.25, 0.3) is 0 Å². The fourth-order valence-corrected chi connectivity index (χ4v) is 2.00. The third-order valence-corrected chi connectivity index (χ3v) is 3.34. The summed E-state index contributed by atoms with van der Waals surface area (Å²) in [5, 5.41) is 21.8. The minimum absolute atomic E-state index is 0.111. The van der Waals surface area contributed by atoms with E-state index in [4.69, 9.17) is 9.52 Å². The summed E-state index contributed by atoms with van der Waals surface area (Å²) in [6.07, 6.45) is 1.35. The number of rotatable bonds is 6. The van der Waals surface area contributed by atoms with E-state index in [1.165, 1.54) is 12.3 Å². The van der Waals surface area contributed by atoms with Crippen LogP contribution >= 0.6 is 0 Å². The third-order valence-electron chi connectivity index (χ3n) is 3.34. The zero-order chi connectivity index (χ0) is 14.6. The summed E-state index contributed by atoms with van der Waals surface area (Å²) in [7, 11) is 0. The fourth-order valence-electron chi connectivity index (χ4n) is 2.00. The Balaban J connectivity index is 2.15. The number of hydrogen-bond donors (Lipinski definition) is 3. The van der Waals surface area contributed by atoms with Crippen molar-refractivity contribution in [2.45, 2.75) is 19.0 Å². The molecule has 20 heavy (non-hydrogen) atoms. The zero-order valence-electron chi connectivity index (χ0n) is 11.2. The Morgan fingerprint density at radius 3 is 2.60 bits per heavy atom. The smallest absolute Gasteiger partial charge is 0.339 e. The second kappa shape index (κ2) is 5.90. The maximum atomic E-state index is 11.0. The molecule has 5 nitrogen and oxygen atoms in total. The van der Waals surface area contributed by atoms with Crippen LogP contribution in [0.4, 0.5) is 0 Å². The molecule has 0 saturated heterocycles. The van der Waals surface area contributed by atoms with Crippen LogP contribution in [0, 0.1) is 0 Å². The molecule has 0 radical (unpaired) electrons. The van der Waals surface area contributed by atoms with Crippen LogP contribution in [0.15, 0.2) is 47.1 Å². The van der Waals surface area contributed by atoms with Gasteiger partial charge in [-0.15, -0.1) is 0 Å². The highest BCUT2D eigenvalue weighted by Crippen LogP contribution is 2.21. The van der Waals surface area contributed by atoms with Crippen molar-refractivity contribution in [3.8, 4) is 0 Å². The van der Waals surface area contributed by atoms with Crippen LogP contribution in [-0.4, -0.2) is 22.8 Å². The predicted molar refractivity (Wildman–Crippen MR) is 73.4 cm³/mol. The van der Waals surface area contributed by atoms with Crippen LogP contribution in [0.3, 0.4) is 0 Å². The van der Waals surface area contributed by atoms with Crippen LogP contribution in [-0.2, 0) is 12.1 Å². The predicted octanol–water partition coefficient (Wildman–Crippen LogP) is 1.98. The number of aliphatic hydroxyl groups excluding tert-OH is 1. The van der Waals surface area contributed by atoms with Gasteiger partial charge in [0.15, 0.2) is 0 Å². The molecule has 3 N–H and O–H groups in total. The Bertz CT molecular complexity index is 579. The van der Waals surface area contributed by atoms with Crippen molar-refractivity contribution in [1.82, 2.24) is 5.32 Å². The van der Waals surface area contributed by atoms with E-state index in [1.807, 2.05) is 37.3 Å². The normalized spacial score (nSPS) is 13.9. The van der Waals surface area contributed by atoms with E-state index >= 15 is 0 Å². The Morgan fingerprint density at radius 1 is 1.30 bits per heavy atom. The Morgan fingerprint density at radius 2 is 2.00 bits per heavy atom. The van der Waals surface area contributed by atoms with Crippen molar-refractivity contribution < 1.29 is 19.4 Å². The van der Waals surface area contributed by atoms with E-state index in [9.17, 15) is 9.90 Å². The summed E-state index contributed by atoms with van der Waals surface area (Å²) < 4.78 is 5.18. The van der Waals surface area contributed by atoms with Gasteiger partial charge in [-0.1, -0.05) is 30.3 Å². The highest BCUT2D eigenvalue weighted by atomic mass is 16.4. The molecule has 1 unspecified atom stereocenters. The number of aliphatic hydroxyl groups is 1. The average Bonchev–Trinajstić information content (AvgIpc) is 2.94. The molecule has 1 aromatic heterocycles. The van der Waals surface area contributed by atoms with Crippen LogP contribution in [0.25, 0.3) is 0 Å². The average molecular weight is 275 g/mol. The summed E-state index contributed by atoms with van der Waals surface area (Å²) in [5.41, 5.74) is 0.390. The molecule has 0 spiro atoms. The Labute approximate surface area is 116 Å². The van der Waals surface area contributed by atoms with Crippen molar-refractivity contribution in [2.75, 3.05) is 6.61 Å². The zero-order valence-corrected chi connectivity index (χ0v) is 11.2. The molecule has 1 aromatic carbocycles. The molecule has 1 heterocycles. The topological polar surface area (TPSA) is 82.7 Å². The van der Waals surface area contributed by atoms with Gasteiger partial charge in [0.1, 0.15) is 11.3 Å². The maximum Gasteiger partial charge on any atom is 0.339 e. The van der Waals surface area contributed by atoms with Gasteiger partial charge in [-0.25, -0.2) is 4.79 Å². The first-order chi connectivity index (χ1) is 9.57. The van der Waals surface area contributed by atoms with E-state index in [0.717, 1.165) is 5.56 Å². The Hall–Kier alpha value is -2.11. The number of nitrogens with one attached hydrogen (secondary N) is 1. The lowest BCUT2D eigenvalue weighted by molar-refractivity contribution is 0.0693. The summed E-state index contributed by atoms with van der Waals surface area (Å²) >= 11 is 0. The molecule has 2 aromatic rings. The van der Waals surface area contributed by atoms with Crippen LogP contribution in [0.2, 0.25) is 0 Å². The molecule has 0 saturated carbocycles. The molecule has 2 rings (SSSR count). The van der Waals surface area contributed by atoms with Crippen molar-refractivity contribution >= 4 is 5.97 Å². The molecule has 0 aliphatic carbocycles. The lowest BCUT2D eigenvalue weighted by atomic mass is 9.93. The van der Waals surface area contributed by atoms with Crippen LogP contribution in [0.5, 0.6) is 0 Å². The summed E-state index contributed by atoms with van der Waals surface area (Å²) in [6.45, 7) is 1.96. The summed E-state index contributed by atoms with van der Waals surface area (Å²) in [5.74, 6) is -0.686. The minimum atomic E-state index is -1.03. The Kier molecular flexibility index (Phi) is 4.22. The largest absolute Gasteiger partial charge is 0.478 e. The van der Waals surface area contributed by atoms with Crippen molar-refractivity contribution in [3.63, 3.8) is 0 Å². The quantitative estimate of drug-likeness (QED) is 0.751. The molecule has 0 aliphatic heterocycles. The maximum absolute atomic E-state index is 11.0. The summed E-state index contributed by atoms with van der Waals surface area (Å²) in [4.78, 5) is 11.0. The van der Waals surface area contributed by atoms with Gasteiger partial charge in [-0.05, 0) is 18.6 Å². The van der Waals surface area contributed by atoms with Gasteiger partial charge in [0, 0.05) is 0 Å². The molecule has 1 atom stereocenters. The SMILES string of the molecule is CC(CO)(NCc1occc1C(=O)O)c1ccccc1. The molecule has 5 heteroatoms. The van der Waals surface area contributed by atoms with Gasteiger partial charge in [0.05, 0.1) is 25.0 Å². The van der Waals surface area contributed by atoms with Crippen molar-refractivity contribution in [1.29, 1.82) is 0 Å². The lowest BCUT2D eigenvalue weighted by Gasteiger charge is -2.29. The second-order valence-electron chi connectivity index (χ2n) is 4.77. The van der Waals surface area contributed by atoms with E-state index in [1.54, 1.807) is 0 Å². The van der Waals surface area contributed by atoms with Gasteiger partial charge in [-0.3, -0.25) is 5.32 Å².